The van der Waals surface area contributed by atoms with Gasteiger partial charge in [-0.05, 0) is 19.3 Å². The lowest BCUT2D eigenvalue weighted by Gasteiger charge is -2.30. The van der Waals surface area contributed by atoms with E-state index in [0.717, 1.165) is 19.3 Å². The van der Waals surface area contributed by atoms with Gasteiger partial charge < -0.3 is 32.2 Å². The van der Waals surface area contributed by atoms with Crippen molar-refractivity contribution in [3.8, 4) is 0 Å². The number of hydrogen-bond acceptors (Lipinski definition) is 4. The van der Waals surface area contributed by atoms with E-state index >= 15 is 0 Å². The van der Waals surface area contributed by atoms with Crippen LogP contribution in [0.25, 0.3) is 0 Å². The van der Waals surface area contributed by atoms with Crippen molar-refractivity contribution in [3.05, 3.63) is 0 Å². The molecule has 0 aromatic carbocycles. The van der Waals surface area contributed by atoms with E-state index in [-0.39, 0.29) is 17.6 Å². The smallest absolute Gasteiger partial charge is 0.116 e. The largest absolute Gasteiger partial charge is 0.870 e. The molecule has 0 saturated carbocycles. The van der Waals surface area contributed by atoms with Crippen molar-refractivity contribution >= 4 is 0 Å². The van der Waals surface area contributed by atoms with E-state index in [1.165, 1.54) is 0 Å². The van der Waals surface area contributed by atoms with Crippen LogP contribution in [0.15, 0.2) is 0 Å². The van der Waals surface area contributed by atoms with Crippen LogP contribution in [-0.2, 0) is 0 Å². The van der Waals surface area contributed by atoms with Gasteiger partial charge >= 0.3 is 0 Å². The molecule has 0 bridgehead atoms. The second-order valence-corrected chi connectivity index (χ2v) is 3.74. The van der Waals surface area contributed by atoms with Gasteiger partial charge in [-0.15, -0.1) is 0 Å². The van der Waals surface area contributed by atoms with Crippen molar-refractivity contribution in [2.24, 2.45) is 0 Å². The van der Waals surface area contributed by atoms with E-state index in [2.05, 4.69) is 31.8 Å². The SMILES string of the molecule is CCC([NH2+]C)C(O)(CC)CC.[NH3+]CCO.[OH-].[OH-]. The zero-order chi connectivity index (χ0) is 12.3. The molecule has 9 N–H and O–H groups in total. The van der Waals surface area contributed by atoms with Gasteiger partial charge in [-0.2, -0.15) is 0 Å². The van der Waals surface area contributed by atoms with Crippen LogP contribution >= 0.6 is 0 Å². The van der Waals surface area contributed by atoms with Crippen molar-refractivity contribution in [3.63, 3.8) is 0 Å². The Kier molecular flexibility index (Phi) is 23.7. The van der Waals surface area contributed by atoms with Crippen LogP contribution in [0.4, 0.5) is 0 Å². The summed E-state index contributed by atoms with van der Waals surface area (Å²) in [6.45, 7) is 7.06. The van der Waals surface area contributed by atoms with Gasteiger partial charge in [0.2, 0.25) is 0 Å². The summed E-state index contributed by atoms with van der Waals surface area (Å²) in [4.78, 5) is 0. The van der Waals surface area contributed by atoms with Crippen molar-refractivity contribution in [1.82, 2.24) is 0 Å². The Bertz CT molecular complexity index is 127. The number of aliphatic hydroxyl groups is 2. The number of likely N-dealkylation sites (N-methyl/N-ethyl adjacent to an activating group) is 1. The van der Waals surface area contributed by atoms with Gasteiger partial charge in [0.25, 0.3) is 0 Å². The Labute approximate surface area is 105 Å². The normalized spacial score (nSPS) is 11.5. The maximum absolute atomic E-state index is 10.1. The molecular formula is C11H32N2O4. The van der Waals surface area contributed by atoms with Gasteiger partial charge in [-0.25, -0.2) is 0 Å². The van der Waals surface area contributed by atoms with Gasteiger partial charge in [0, 0.05) is 0 Å². The quantitative estimate of drug-likeness (QED) is 0.452. The molecule has 0 spiro atoms. The highest BCUT2D eigenvalue weighted by Gasteiger charge is 2.33. The predicted octanol–water partition coefficient (Wildman–Crippen LogP) is -1.62. The second-order valence-electron chi connectivity index (χ2n) is 3.74. The van der Waals surface area contributed by atoms with E-state index in [0.29, 0.717) is 12.6 Å². The molecule has 0 aliphatic rings. The molecule has 17 heavy (non-hydrogen) atoms. The molecule has 6 nitrogen and oxygen atoms in total. The minimum atomic E-state index is -0.455. The molecule has 0 radical (unpaired) electrons. The Morgan fingerprint density at radius 3 is 1.59 bits per heavy atom. The zero-order valence-electron chi connectivity index (χ0n) is 11.7. The summed E-state index contributed by atoms with van der Waals surface area (Å²) in [5.74, 6) is 0. The van der Waals surface area contributed by atoms with Crippen molar-refractivity contribution in [2.75, 3.05) is 20.2 Å². The highest BCUT2D eigenvalue weighted by atomic mass is 16.3. The maximum atomic E-state index is 10.1. The predicted molar refractivity (Wildman–Crippen MR) is 66.2 cm³/mol. The molecule has 110 valence electrons. The molecule has 0 aliphatic carbocycles. The van der Waals surface area contributed by atoms with Gasteiger partial charge in [-0.3, -0.25) is 0 Å². The fourth-order valence-corrected chi connectivity index (χ4v) is 1.70. The summed E-state index contributed by atoms with van der Waals surface area (Å²) < 4.78 is 0. The molecule has 0 aromatic heterocycles. The van der Waals surface area contributed by atoms with Crippen molar-refractivity contribution in [2.45, 2.75) is 51.7 Å². The first-order valence-corrected chi connectivity index (χ1v) is 5.98. The van der Waals surface area contributed by atoms with Crippen LogP contribution in [-0.4, -0.2) is 53.0 Å². The van der Waals surface area contributed by atoms with Crippen LogP contribution < -0.4 is 11.1 Å². The summed E-state index contributed by atoms with van der Waals surface area (Å²) in [5.41, 5.74) is 2.90. The molecule has 6 heteroatoms. The first kappa shape index (κ1) is 25.6. The van der Waals surface area contributed by atoms with Gasteiger partial charge in [-0.1, -0.05) is 20.8 Å². The zero-order valence-corrected chi connectivity index (χ0v) is 11.7. The standard InChI is InChI=1S/C9H21NO.C2H7NO.2H2O/c1-5-8(10-4)9(11,6-2)7-3;3-1-2-4;;/h8,10-11H,5-7H2,1-4H3;4H,1-3H2;2*1H2. The summed E-state index contributed by atoms with van der Waals surface area (Å²) in [6.07, 6.45) is 2.74. The minimum Gasteiger partial charge on any atom is -0.870 e. The summed E-state index contributed by atoms with van der Waals surface area (Å²) in [5, 5.41) is 20.0. The van der Waals surface area contributed by atoms with E-state index in [1.807, 2.05) is 7.05 Å². The first-order chi connectivity index (χ1) is 7.05. The topological polar surface area (TPSA) is 145 Å². The highest BCUT2D eigenvalue weighted by Crippen LogP contribution is 2.18. The molecule has 0 aliphatic heterocycles. The van der Waals surface area contributed by atoms with Crippen LogP contribution in [0, 0.1) is 0 Å². The van der Waals surface area contributed by atoms with E-state index in [9.17, 15) is 5.11 Å². The Morgan fingerprint density at radius 1 is 1.18 bits per heavy atom. The highest BCUT2D eigenvalue weighted by molar-refractivity contribution is 4.81. The lowest BCUT2D eigenvalue weighted by molar-refractivity contribution is -0.679. The average Bonchev–Trinajstić information content (AvgIpc) is 2.30. The third kappa shape index (κ3) is 10.6. The molecule has 0 heterocycles. The van der Waals surface area contributed by atoms with Gasteiger partial charge in [0.1, 0.15) is 11.6 Å². The van der Waals surface area contributed by atoms with Gasteiger partial charge in [0.05, 0.1) is 20.2 Å². The number of nitrogens with two attached hydrogens (primary N) is 1. The summed E-state index contributed by atoms with van der Waals surface area (Å²) >= 11 is 0. The lowest BCUT2D eigenvalue weighted by atomic mass is 9.87. The van der Waals surface area contributed by atoms with Crippen LogP contribution in [0.1, 0.15) is 40.0 Å². The second kappa shape index (κ2) is 15.8. The third-order valence-electron chi connectivity index (χ3n) is 2.91. The molecule has 0 rings (SSSR count). The minimum absolute atomic E-state index is 0. The van der Waals surface area contributed by atoms with Crippen molar-refractivity contribution < 1.29 is 32.2 Å². The molecular weight excluding hydrogens is 224 g/mol. The molecule has 1 atom stereocenters. The van der Waals surface area contributed by atoms with Crippen molar-refractivity contribution in [1.29, 1.82) is 0 Å². The lowest BCUT2D eigenvalue weighted by Crippen LogP contribution is -2.91. The summed E-state index contributed by atoms with van der Waals surface area (Å²) in [7, 11) is 2.03. The Balaban J connectivity index is -0.000000123. The maximum Gasteiger partial charge on any atom is 0.116 e. The number of hydrogen-bond donors (Lipinski definition) is 4. The Morgan fingerprint density at radius 2 is 1.53 bits per heavy atom. The average molecular weight is 256 g/mol. The molecule has 0 fully saturated rings. The third-order valence-corrected chi connectivity index (χ3v) is 2.91. The molecule has 0 saturated heterocycles. The van der Waals surface area contributed by atoms with E-state index in [1.54, 1.807) is 0 Å². The van der Waals surface area contributed by atoms with Crippen LogP contribution in [0.3, 0.4) is 0 Å². The molecule has 0 amide bonds. The number of quaternary nitrogens is 2. The number of aliphatic hydroxyl groups excluding tert-OH is 1. The van der Waals surface area contributed by atoms with Gasteiger partial charge in [0.15, 0.2) is 0 Å². The number of rotatable bonds is 6. The summed E-state index contributed by atoms with van der Waals surface area (Å²) in [6, 6.07) is 0.359. The first-order valence-electron chi connectivity index (χ1n) is 5.98. The monoisotopic (exact) mass is 256 g/mol. The van der Waals surface area contributed by atoms with E-state index in [4.69, 9.17) is 5.11 Å². The van der Waals surface area contributed by atoms with Crippen LogP contribution in [0.5, 0.6) is 0 Å². The van der Waals surface area contributed by atoms with E-state index < -0.39 is 5.60 Å². The fraction of sp³-hybridized carbons (Fsp3) is 1.00. The fourth-order valence-electron chi connectivity index (χ4n) is 1.70. The molecule has 1 unspecified atom stereocenters. The molecule has 0 aromatic rings. The van der Waals surface area contributed by atoms with Crippen LogP contribution in [0.2, 0.25) is 0 Å². The Hall–Kier alpha value is -0.240.